The second kappa shape index (κ2) is 10.3. The number of esters is 3. The highest BCUT2D eigenvalue weighted by Crippen LogP contribution is 2.37. The lowest BCUT2D eigenvalue weighted by molar-refractivity contribution is -0.318. The molecule has 2 rings (SSSR count). The fraction of sp³-hybridized carbons (Fsp3) is 0.842. The van der Waals surface area contributed by atoms with Crippen LogP contribution in [0.3, 0.4) is 0 Å². The predicted molar refractivity (Wildman–Crippen MR) is 96.5 cm³/mol. The van der Waals surface area contributed by atoms with Crippen LogP contribution in [0.5, 0.6) is 0 Å². The largest absolute Gasteiger partial charge is 0.457 e. The Morgan fingerprint density at radius 2 is 1.59 bits per heavy atom. The molecule has 0 aliphatic carbocycles. The van der Waals surface area contributed by atoms with Crippen LogP contribution in [-0.2, 0) is 42.8 Å². The lowest BCUT2D eigenvalue weighted by atomic mass is 9.88. The molecular weight excluding hydrogens is 388 g/mol. The molecule has 0 bridgehead atoms. The lowest BCUT2D eigenvalue weighted by Crippen LogP contribution is -2.66. The Balaban J connectivity index is 2.35. The van der Waals surface area contributed by atoms with E-state index in [-0.39, 0.29) is 6.10 Å². The van der Waals surface area contributed by atoms with Gasteiger partial charge in [-0.2, -0.15) is 0 Å². The van der Waals surface area contributed by atoms with E-state index in [1.54, 1.807) is 0 Å². The minimum absolute atomic E-state index is 0.0759. The Labute approximate surface area is 169 Å². The molecule has 7 atom stereocenters. The summed E-state index contributed by atoms with van der Waals surface area (Å²) in [5.41, 5.74) is 0. The first kappa shape index (κ1) is 23.5. The van der Waals surface area contributed by atoms with Crippen molar-refractivity contribution in [2.24, 2.45) is 0 Å². The highest BCUT2D eigenvalue weighted by atomic mass is 16.7. The summed E-state index contributed by atoms with van der Waals surface area (Å²) in [4.78, 5) is 35.0. The molecule has 2 saturated heterocycles. The van der Waals surface area contributed by atoms with Gasteiger partial charge in [-0.25, -0.2) is 0 Å². The molecule has 2 heterocycles. The molecule has 0 aromatic rings. The number of aliphatic hydroxyl groups excluding tert-OH is 1. The van der Waals surface area contributed by atoms with Gasteiger partial charge < -0.3 is 33.5 Å². The number of fused-ring (bicyclic) bond motifs is 1. The van der Waals surface area contributed by atoms with Crippen molar-refractivity contribution in [1.82, 2.24) is 0 Å². The molecule has 1 N–H and O–H groups in total. The molecule has 2 aliphatic heterocycles. The van der Waals surface area contributed by atoms with Crippen LogP contribution < -0.4 is 0 Å². The minimum Gasteiger partial charge on any atom is -0.457 e. The average Bonchev–Trinajstić information content (AvgIpc) is 2.60. The Kier molecular flexibility index (Phi) is 8.38. The third kappa shape index (κ3) is 6.36. The molecule has 29 heavy (non-hydrogen) atoms. The van der Waals surface area contributed by atoms with Crippen molar-refractivity contribution >= 4 is 17.9 Å². The Morgan fingerprint density at radius 3 is 2.10 bits per heavy atom. The van der Waals surface area contributed by atoms with E-state index in [9.17, 15) is 19.5 Å². The molecule has 2 aliphatic rings. The van der Waals surface area contributed by atoms with E-state index in [1.807, 2.05) is 13.8 Å². The molecule has 0 radical (unpaired) electrons. The van der Waals surface area contributed by atoms with E-state index in [4.69, 9.17) is 28.4 Å². The summed E-state index contributed by atoms with van der Waals surface area (Å²) in [7, 11) is 0. The van der Waals surface area contributed by atoms with E-state index < -0.39 is 67.4 Å². The maximum atomic E-state index is 11.8. The molecule has 0 unspecified atom stereocenters. The number of carbonyl (C=O) groups excluding carboxylic acids is 3. The van der Waals surface area contributed by atoms with Gasteiger partial charge in [0.05, 0.1) is 18.8 Å². The van der Waals surface area contributed by atoms with Crippen LogP contribution in [0.15, 0.2) is 0 Å². The van der Waals surface area contributed by atoms with Gasteiger partial charge in [0.2, 0.25) is 0 Å². The van der Waals surface area contributed by atoms with Gasteiger partial charge in [-0.3, -0.25) is 14.4 Å². The smallest absolute Gasteiger partial charge is 0.303 e. The van der Waals surface area contributed by atoms with E-state index in [0.29, 0.717) is 12.8 Å². The molecule has 10 heteroatoms. The molecule has 2 fully saturated rings. The van der Waals surface area contributed by atoms with E-state index in [2.05, 4.69) is 0 Å². The van der Waals surface area contributed by atoms with Crippen molar-refractivity contribution in [3.8, 4) is 0 Å². The SMILES string of the molecule is CC(=O)O[C@@H]1[C@H](OC(C)=O)[C@H]([C@H](CO)OC(C)=O)O[C@H]2CC[C@@H](OC(C)C)O[C@H]12. The van der Waals surface area contributed by atoms with Crippen molar-refractivity contribution < 1.29 is 47.9 Å². The van der Waals surface area contributed by atoms with Gasteiger partial charge >= 0.3 is 17.9 Å². The zero-order chi connectivity index (χ0) is 21.7. The molecule has 0 spiro atoms. The van der Waals surface area contributed by atoms with Crippen LogP contribution in [0.4, 0.5) is 0 Å². The first-order chi connectivity index (χ1) is 13.6. The second-order valence-corrected chi connectivity index (χ2v) is 7.41. The maximum absolute atomic E-state index is 11.8. The number of hydrogen-bond acceptors (Lipinski definition) is 10. The average molecular weight is 418 g/mol. The topological polar surface area (TPSA) is 127 Å². The summed E-state index contributed by atoms with van der Waals surface area (Å²) in [6.07, 6.45) is -5.17. The van der Waals surface area contributed by atoms with Crippen LogP contribution >= 0.6 is 0 Å². The predicted octanol–water partition coefficient (Wildman–Crippen LogP) is 0.471. The molecule has 0 saturated carbocycles. The van der Waals surface area contributed by atoms with Crippen molar-refractivity contribution in [1.29, 1.82) is 0 Å². The monoisotopic (exact) mass is 418 g/mol. The summed E-state index contributed by atoms with van der Waals surface area (Å²) in [5.74, 6) is -1.88. The minimum atomic E-state index is -1.15. The fourth-order valence-electron chi connectivity index (χ4n) is 3.66. The van der Waals surface area contributed by atoms with E-state index >= 15 is 0 Å². The standard InChI is InChI=1S/C19H30O10/c1-9(2)24-15-7-6-13-16(29-15)18(26-11(4)22)19(27-12(5)23)17(28-13)14(8-20)25-10(3)21/h9,13-20H,6-8H2,1-5H3/t13-,14-,15-,16-,17-,18-,19+/m0/s1. The second-order valence-electron chi connectivity index (χ2n) is 7.41. The number of ether oxygens (including phenoxy) is 6. The number of rotatable bonds is 7. The summed E-state index contributed by atoms with van der Waals surface area (Å²) in [6, 6.07) is 0. The van der Waals surface area contributed by atoms with Gasteiger partial charge in [0.15, 0.2) is 24.6 Å². The molecule has 0 aromatic heterocycles. The van der Waals surface area contributed by atoms with Crippen molar-refractivity contribution in [2.75, 3.05) is 6.61 Å². The summed E-state index contributed by atoms with van der Waals surface area (Å²) >= 11 is 0. The molecule has 0 amide bonds. The van der Waals surface area contributed by atoms with Crippen LogP contribution in [0.25, 0.3) is 0 Å². The number of hydrogen-bond donors (Lipinski definition) is 1. The first-order valence-electron chi connectivity index (χ1n) is 9.71. The van der Waals surface area contributed by atoms with E-state index in [1.165, 1.54) is 20.8 Å². The van der Waals surface area contributed by atoms with Gasteiger partial charge in [0.25, 0.3) is 0 Å². The molecular formula is C19H30O10. The van der Waals surface area contributed by atoms with Gasteiger partial charge in [0.1, 0.15) is 12.2 Å². The van der Waals surface area contributed by atoms with Crippen LogP contribution in [0.1, 0.15) is 47.5 Å². The Morgan fingerprint density at radius 1 is 0.966 bits per heavy atom. The third-order valence-electron chi connectivity index (χ3n) is 4.56. The van der Waals surface area contributed by atoms with Crippen molar-refractivity contribution in [3.63, 3.8) is 0 Å². The van der Waals surface area contributed by atoms with Crippen LogP contribution in [0, 0.1) is 0 Å². The fourth-order valence-corrected chi connectivity index (χ4v) is 3.66. The van der Waals surface area contributed by atoms with Gasteiger partial charge in [-0.1, -0.05) is 0 Å². The molecule has 0 aromatic carbocycles. The normalized spacial score (nSPS) is 32.8. The number of carbonyl (C=O) groups is 3. The van der Waals surface area contributed by atoms with Gasteiger partial charge in [-0.15, -0.1) is 0 Å². The van der Waals surface area contributed by atoms with E-state index in [0.717, 1.165) is 0 Å². The number of aliphatic hydroxyl groups is 1. The Bertz CT molecular complexity index is 592. The Hall–Kier alpha value is -1.75. The van der Waals surface area contributed by atoms with Crippen molar-refractivity contribution in [3.05, 3.63) is 0 Å². The zero-order valence-electron chi connectivity index (χ0n) is 17.4. The summed E-state index contributed by atoms with van der Waals surface area (Å²) in [5, 5.41) is 9.73. The highest BCUT2D eigenvalue weighted by molar-refractivity contribution is 5.68. The van der Waals surface area contributed by atoms with Crippen LogP contribution in [-0.4, -0.2) is 78.6 Å². The molecule has 10 nitrogen and oxygen atoms in total. The summed E-state index contributed by atoms with van der Waals surface area (Å²) < 4.78 is 33.7. The third-order valence-corrected chi connectivity index (χ3v) is 4.56. The molecule has 166 valence electrons. The van der Waals surface area contributed by atoms with Gasteiger partial charge in [0, 0.05) is 27.2 Å². The summed E-state index contributed by atoms with van der Waals surface area (Å²) in [6.45, 7) is 6.80. The van der Waals surface area contributed by atoms with Gasteiger partial charge in [-0.05, 0) is 20.3 Å². The quantitative estimate of drug-likeness (QED) is 0.460. The first-order valence-corrected chi connectivity index (χ1v) is 9.71. The maximum Gasteiger partial charge on any atom is 0.303 e. The van der Waals surface area contributed by atoms with Crippen LogP contribution in [0.2, 0.25) is 0 Å². The van der Waals surface area contributed by atoms with Crippen molar-refractivity contribution in [2.45, 2.75) is 96.5 Å². The highest BCUT2D eigenvalue weighted by Gasteiger charge is 2.55. The zero-order valence-corrected chi connectivity index (χ0v) is 17.4. The lowest BCUT2D eigenvalue weighted by Gasteiger charge is -2.49.